The molecule has 0 bridgehead atoms. The highest BCUT2D eigenvalue weighted by Crippen LogP contribution is 2.21. The van der Waals surface area contributed by atoms with E-state index in [1.807, 2.05) is 13.0 Å². The summed E-state index contributed by atoms with van der Waals surface area (Å²) < 4.78 is 6.63. The highest BCUT2D eigenvalue weighted by Gasteiger charge is 2.32. The number of amides is 2. The fourth-order valence-corrected chi connectivity index (χ4v) is 2.44. The molecule has 0 saturated heterocycles. The zero-order chi connectivity index (χ0) is 15.2. The topological polar surface area (TPSA) is 76.5 Å². The maximum Gasteiger partial charge on any atom is 0.246 e. The van der Waals surface area contributed by atoms with Crippen LogP contribution in [0.3, 0.4) is 0 Å². The van der Waals surface area contributed by atoms with E-state index in [4.69, 9.17) is 4.74 Å². The molecule has 1 aromatic heterocycles. The number of carbonyl (C=O) groups is 2. The summed E-state index contributed by atoms with van der Waals surface area (Å²) in [6, 6.07) is 1.38. The average Bonchev–Trinajstić information content (AvgIpc) is 2.94. The molecule has 1 aliphatic rings. The van der Waals surface area contributed by atoms with Crippen LogP contribution < -0.4 is 5.32 Å². The summed E-state index contributed by atoms with van der Waals surface area (Å²) in [5.41, 5.74) is 0.887. The van der Waals surface area contributed by atoms with Gasteiger partial charge in [-0.1, -0.05) is 6.92 Å². The van der Waals surface area contributed by atoms with Crippen LogP contribution in [0.1, 0.15) is 31.5 Å². The van der Waals surface area contributed by atoms with Gasteiger partial charge in [0.05, 0.1) is 25.4 Å². The van der Waals surface area contributed by atoms with Crippen LogP contribution in [-0.2, 0) is 20.9 Å². The largest absolute Gasteiger partial charge is 0.383 e. The summed E-state index contributed by atoms with van der Waals surface area (Å²) in [6.07, 6.45) is 2.98. The van der Waals surface area contributed by atoms with Gasteiger partial charge in [0.25, 0.3) is 0 Å². The highest BCUT2D eigenvalue weighted by atomic mass is 16.5. The molecule has 2 amide bonds. The van der Waals surface area contributed by atoms with Crippen LogP contribution in [0.4, 0.5) is 0 Å². The fraction of sp³-hybridized carbons (Fsp3) is 0.643. The van der Waals surface area contributed by atoms with E-state index in [0.29, 0.717) is 32.7 Å². The molecule has 0 unspecified atom stereocenters. The van der Waals surface area contributed by atoms with E-state index in [-0.39, 0.29) is 11.8 Å². The first-order valence-electron chi connectivity index (χ1n) is 7.24. The number of nitrogens with one attached hydrogen (secondary N) is 1. The molecular formula is C14H22N4O3. The lowest BCUT2D eigenvalue weighted by atomic mass is 10.1. The van der Waals surface area contributed by atoms with Crippen molar-refractivity contribution in [3.63, 3.8) is 0 Å². The second-order valence-electron chi connectivity index (χ2n) is 5.09. The van der Waals surface area contributed by atoms with Gasteiger partial charge in [0.1, 0.15) is 6.04 Å². The van der Waals surface area contributed by atoms with Crippen LogP contribution in [0, 0.1) is 0 Å². The first-order chi connectivity index (χ1) is 10.2. The van der Waals surface area contributed by atoms with Crippen LogP contribution in [0.25, 0.3) is 0 Å². The number of rotatable bonds is 6. The van der Waals surface area contributed by atoms with Gasteiger partial charge < -0.3 is 15.0 Å². The van der Waals surface area contributed by atoms with Crippen molar-refractivity contribution in [1.82, 2.24) is 20.0 Å². The molecule has 7 heteroatoms. The van der Waals surface area contributed by atoms with Crippen LogP contribution in [0.5, 0.6) is 0 Å². The Morgan fingerprint density at radius 1 is 1.52 bits per heavy atom. The predicted octanol–water partition coefficient (Wildman–Crippen LogP) is 0.329. The van der Waals surface area contributed by atoms with E-state index in [0.717, 1.165) is 12.1 Å². The van der Waals surface area contributed by atoms with Gasteiger partial charge in [-0.15, -0.1) is 0 Å². The van der Waals surface area contributed by atoms with Crippen LogP contribution in [0.2, 0.25) is 0 Å². The molecule has 0 spiro atoms. The molecule has 0 aliphatic carbocycles. The van der Waals surface area contributed by atoms with Gasteiger partial charge >= 0.3 is 0 Å². The molecule has 2 rings (SSSR count). The van der Waals surface area contributed by atoms with Gasteiger partial charge in [-0.3, -0.25) is 14.3 Å². The molecule has 116 valence electrons. The molecule has 21 heavy (non-hydrogen) atoms. The van der Waals surface area contributed by atoms with Crippen molar-refractivity contribution < 1.29 is 14.3 Å². The van der Waals surface area contributed by atoms with Crippen LogP contribution in [0.15, 0.2) is 12.3 Å². The average molecular weight is 294 g/mol. The SMILES string of the molecule is CCCC(=O)N1Cc2ccnn2[C@@H](C(=O)NCCOC)C1. The van der Waals surface area contributed by atoms with E-state index in [9.17, 15) is 9.59 Å². The molecule has 2 heterocycles. The number of fused-ring (bicyclic) bond motifs is 1. The van der Waals surface area contributed by atoms with Crippen molar-refractivity contribution in [2.75, 3.05) is 26.8 Å². The Bertz CT molecular complexity index is 500. The van der Waals surface area contributed by atoms with Crippen LogP contribution >= 0.6 is 0 Å². The molecular weight excluding hydrogens is 272 g/mol. The number of carbonyl (C=O) groups excluding carboxylic acids is 2. The Balaban J connectivity index is 2.09. The van der Waals surface area contributed by atoms with E-state index in [2.05, 4.69) is 10.4 Å². The number of hydrogen-bond acceptors (Lipinski definition) is 4. The minimum Gasteiger partial charge on any atom is -0.383 e. The first-order valence-corrected chi connectivity index (χ1v) is 7.24. The molecule has 1 aromatic rings. The van der Waals surface area contributed by atoms with Crippen molar-refractivity contribution in [2.24, 2.45) is 0 Å². The van der Waals surface area contributed by atoms with Crippen molar-refractivity contribution in [3.05, 3.63) is 18.0 Å². The lowest BCUT2D eigenvalue weighted by Gasteiger charge is -2.33. The second-order valence-corrected chi connectivity index (χ2v) is 5.09. The third-order valence-corrected chi connectivity index (χ3v) is 3.52. The predicted molar refractivity (Wildman–Crippen MR) is 76.5 cm³/mol. The molecule has 0 radical (unpaired) electrons. The van der Waals surface area contributed by atoms with Crippen LogP contribution in [-0.4, -0.2) is 53.3 Å². The fourth-order valence-electron chi connectivity index (χ4n) is 2.44. The van der Waals surface area contributed by atoms with Gasteiger partial charge in [-0.05, 0) is 12.5 Å². The summed E-state index contributed by atoms with van der Waals surface area (Å²) in [4.78, 5) is 26.1. The third-order valence-electron chi connectivity index (χ3n) is 3.52. The Morgan fingerprint density at radius 3 is 3.05 bits per heavy atom. The van der Waals surface area contributed by atoms with Crippen molar-refractivity contribution in [1.29, 1.82) is 0 Å². The van der Waals surface area contributed by atoms with E-state index < -0.39 is 6.04 Å². The van der Waals surface area contributed by atoms with Crippen molar-refractivity contribution in [2.45, 2.75) is 32.4 Å². The van der Waals surface area contributed by atoms with E-state index in [1.165, 1.54) is 0 Å². The van der Waals surface area contributed by atoms with E-state index in [1.54, 1.807) is 22.9 Å². The molecule has 1 N–H and O–H groups in total. The van der Waals surface area contributed by atoms with Gasteiger partial charge in [-0.2, -0.15) is 5.10 Å². The highest BCUT2D eigenvalue weighted by molar-refractivity contribution is 5.82. The Hall–Kier alpha value is -1.89. The summed E-state index contributed by atoms with van der Waals surface area (Å²) in [5, 5.41) is 7.03. The Labute approximate surface area is 124 Å². The van der Waals surface area contributed by atoms with Crippen molar-refractivity contribution in [3.8, 4) is 0 Å². The number of methoxy groups -OCH3 is 1. The minimum atomic E-state index is -0.471. The minimum absolute atomic E-state index is 0.0830. The Kier molecular flexibility index (Phi) is 5.32. The third kappa shape index (κ3) is 3.60. The number of hydrogen-bond donors (Lipinski definition) is 1. The number of ether oxygens (including phenoxy) is 1. The molecule has 1 aliphatic heterocycles. The molecule has 0 fully saturated rings. The number of nitrogens with zero attached hydrogens (tertiary/aromatic N) is 3. The smallest absolute Gasteiger partial charge is 0.246 e. The zero-order valence-electron chi connectivity index (χ0n) is 12.5. The van der Waals surface area contributed by atoms with Gasteiger partial charge in [0, 0.05) is 26.3 Å². The van der Waals surface area contributed by atoms with E-state index >= 15 is 0 Å². The molecule has 0 saturated carbocycles. The lowest BCUT2D eigenvalue weighted by Crippen LogP contribution is -2.47. The second kappa shape index (κ2) is 7.21. The van der Waals surface area contributed by atoms with Crippen molar-refractivity contribution >= 4 is 11.8 Å². The van der Waals surface area contributed by atoms with Gasteiger partial charge in [0.2, 0.25) is 11.8 Å². The summed E-state index contributed by atoms with van der Waals surface area (Å²) in [7, 11) is 1.59. The Morgan fingerprint density at radius 2 is 2.33 bits per heavy atom. The quantitative estimate of drug-likeness (QED) is 0.767. The lowest BCUT2D eigenvalue weighted by molar-refractivity contribution is -0.135. The number of aromatic nitrogens is 2. The standard InChI is InChI=1S/C14H22N4O3/c1-3-4-13(19)17-9-11-5-6-16-18(11)12(10-17)14(20)15-7-8-21-2/h5-6,12H,3-4,7-10H2,1-2H3,(H,15,20)/t12-/m1/s1. The first kappa shape index (κ1) is 15.5. The van der Waals surface area contributed by atoms with Gasteiger partial charge in [0.15, 0.2) is 0 Å². The molecule has 7 nitrogen and oxygen atoms in total. The molecule has 0 aromatic carbocycles. The monoisotopic (exact) mass is 294 g/mol. The molecule has 1 atom stereocenters. The normalized spacial score (nSPS) is 17.4. The summed E-state index contributed by atoms with van der Waals surface area (Å²) >= 11 is 0. The maximum atomic E-state index is 12.3. The zero-order valence-corrected chi connectivity index (χ0v) is 12.5. The summed E-state index contributed by atoms with van der Waals surface area (Å²) in [6.45, 7) is 3.77. The summed E-state index contributed by atoms with van der Waals surface area (Å²) in [5.74, 6) is -0.0503. The van der Waals surface area contributed by atoms with Gasteiger partial charge in [-0.25, -0.2) is 0 Å². The maximum absolute atomic E-state index is 12.3.